The zero-order valence-electron chi connectivity index (χ0n) is 20.5. The standard InChI is InChI=1S/C23H33IN5O4P/c1-22(2,3)28-18(31)12-29(6)21-15-7-8-17(30)19(15)26-20(27-21)16-11-14(9-10-25-16)32-13-23(4,5)33-34-24/h9-11,17,30,34H,7-8,12-13H2,1-6H3,(H,28,31). The van der Waals surface area contributed by atoms with E-state index in [0.717, 1.165) is 5.56 Å². The number of rotatable bonds is 9. The maximum absolute atomic E-state index is 12.5. The molecule has 2 heterocycles. The van der Waals surface area contributed by atoms with Gasteiger partial charge < -0.3 is 24.6 Å². The second-order valence-electron chi connectivity index (χ2n) is 10.0. The summed E-state index contributed by atoms with van der Waals surface area (Å²) in [5, 5.41) is 13.5. The molecule has 0 radical (unpaired) electrons. The van der Waals surface area contributed by atoms with E-state index in [1.165, 1.54) is 0 Å². The van der Waals surface area contributed by atoms with Crippen molar-refractivity contribution >= 4 is 40.2 Å². The van der Waals surface area contributed by atoms with Gasteiger partial charge in [-0.25, -0.2) is 9.97 Å². The fourth-order valence-electron chi connectivity index (χ4n) is 3.61. The van der Waals surface area contributed by atoms with Gasteiger partial charge in [0.1, 0.15) is 29.5 Å². The summed E-state index contributed by atoms with van der Waals surface area (Å²) in [6.45, 7) is 10.6. The summed E-state index contributed by atoms with van der Waals surface area (Å²) in [6.07, 6.45) is 2.21. The first-order chi connectivity index (χ1) is 15.9. The van der Waals surface area contributed by atoms with E-state index >= 15 is 0 Å². The van der Waals surface area contributed by atoms with Gasteiger partial charge in [0.05, 0.1) is 24.8 Å². The molecule has 1 aliphatic rings. The third-order valence-corrected chi connectivity index (χ3v) is 6.41. The number of hydrogen-bond acceptors (Lipinski definition) is 8. The molecule has 1 aliphatic carbocycles. The Morgan fingerprint density at radius 3 is 2.74 bits per heavy atom. The van der Waals surface area contributed by atoms with E-state index in [-0.39, 0.29) is 18.0 Å². The third-order valence-electron chi connectivity index (χ3n) is 5.12. The SMILES string of the molecule is CN(CC(=O)NC(C)(C)C)c1nc(-c2cc(OCC(C)(C)OPI)ccn2)nc2c1CCC2O. The number of carbonyl (C=O) groups excluding carboxylic acids is 1. The Morgan fingerprint density at radius 1 is 1.32 bits per heavy atom. The Kier molecular flexibility index (Phi) is 8.70. The summed E-state index contributed by atoms with van der Waals surface area (Å²) in [6, 6.07) is 3.56. The van der Waals surface area contributed by atoms with Crippen LogP contribution >= 0.6 is 28.5 Å². The van der Waals surface area contributed by atoms with Crippen molar-refractivity contribution < 1.29 is 19.2 Å². The van der Waals surface area contributed by atoms with Gasteiger partial charge in [-0.1, -0.05) is 0 Å². The molecule has 2 N–H and O–H groups in total. The normalized spacial score (nSPS) is 16.1. The van der Waals surface area contributed by atoms with Crippen LogP contribution < -0.4 is 15.0 Å². The van der Waals surface area contributed by atoms with Crippen LogP contribution in [-0.2, 0) is 15.7 Å². The highest BCUT2D eigenvalue weighted by atomic mass is 127. The van der Waals surface area contributed by atoms with Gasteiger partial charge in [0.25, 0.3) is 0 Å². The molecular weight excluding hydrogens is 568 g/mol. The molecule has 0 aliphatic heterocycles. The predicted molar refractivity (Wildman–Crippen MR) is 143 cm³/mol. The molecule has 0 saturated heterocycles. The largest absolute Gasteiger partial charge is 0.490 e. The molecule has 34 heavy (non-hydrogen) atoms. The van der Waals surface area contributed by atoms with Crippen LogP contribution in [0.5, 0.6) is 5.75 Å². The molecule has 0 spiro atoms. The van der Waals surface area contributed by atoms with E-state index in [0.29, 0.717) is 54.7 Å². The number of amides is 1. The maximum Gasteiger partial charge on any atom is 0.239 e. The molecule has 186 valence electrons. The molecule has 0 bridgehead atoms. The van der Waals surface area contributed by atoms with E-state index in [4.69, 9.17) is 14.2 Å². The minimum Gasteiger partial charge on any atom is -0.490 e. The number of anilines is 1. The topological polar surface area (TPSA) is 110 Å². The average Bonchev–Trinajstić information content (AvgIpc) is 3.11. The molecule has 2 aromatic heterocycles. The molecule has 11 heteroatoms. The summed E-state index contributed by atoms with van der Waals surface area (Å²) in [4.78, 5) is 28.1. The molecule has 3 rings (SSSR count). The highest BCUT2D eigenvalue weighted by molar-refractivity contribution is 14.2. The van der Waals surface area contributed by atoms with Crippen molar-refractivity contribution in [2.45, 2.75) is 64.7 Å². The lowest BCUT2D eigenvalue weighted by Crippen LogP contribution is -2.45. The number of carbonyl (C=O) groups is 1. The Balaban J connectivity index is 1.89. The smallest absolute Gasteiger partial charge is 0.239 e. The Hall–Kier alpha value is -1.62. The van der Waals surface area contributed by atoms with E-state index in [2.05, 4.69) is 37.3 Å². The van der Waals surface area contributed by atoms with Gasteiger partial charge in [-0.15, -0.1) is 0 Å². The minimum absolute atomic E-state index is 0.104. The van der Waals surface area contributed by atoms with Crippen LogP contribution in [0.1, 0.15) is 58.4 Å². The fourth-order valence-corrected chi connectivity index (χ4v) is 5.67. The molecule has 0 saturated carbocycles. The predicted octanol–water partition coefficient (Wildman–Crippen LogP) is 3.99. The van der Waals surface area contributed by atoms with Crippen LogP contribution in [0, 0.1) is 0 Å². The van der Waals surface area contributed by atoms with Gasteiger partial charge in [-0.2, -0.15) is 0 Å². The Morgan fingerprint density at radius 2 is 2.06 bits per heavy atom. The zero-order valence-corrected chi connectivity index (χ0v) is 23.6. The first-order valence-corrected chi connectivity index (χ1v) is 15.1. The van der Waals surface area contributed by atoms with Crippen molar-refractivity contribution in [2.75, 3.05) is 25.1 Å². The number of nitrogens with one attached hydrogen (secondary N) is 1. The number of likely N-dealkylation sites (N-methyl/N-ethyl adjacent to an activating group) is 1. The van der Waals surface area contributed by atoms with Gasteiger partial charge >= 0.3 is 0 Å². The summed E-state index contributed by atoms with van der Waals surface area (Å²) in [7, 11) is 1.82. The van der Waals surface area contributed by atoms with Crippen molar-refractivity contribution in [1.29, 1.82) is 0 Å². The highest BCUT2D eigenvalue weighted by Crippen LogP contribution is 2.36. The van der Waals surface area contributed by atoms with Gasteiger partial charge in [0.2, 0.25) is 5.91 Å². The number of aliphatic hydroxyl groups is 1. The fraction of sp³-hybridized carbons (Fsp3) is 0.565. The number of aliphatic hydroxyl groups excluding tert-OH is 1. The van der Waals surface area contributed by atoms with E-state index in [9.17, 15) is 9.90 Å². The van der Waals surface area contributed by atoms with Crippen LogP contribution in [0.2, 0.25) is 0 Å². The number of fused-ring (bicyclic) bond motifs is 1. The minimum atomic E-state index is -0.668. The average molecular weight is 601 g/mol. The van der Waals surface area contributed by atoms with Crippen molar-refractivity contribution in [3.63, 3.8) is 0 Å². The van der Waals surface area contributed by atoms with Crippen molar-refractivity contribution in [1.82, 2.24) is 20.3 Å². The van der Waals surface area contributed by atoms with E-state index in [1.807, 2.05) is 41.7 Å². The lowest BCUT2D eigenvalue weighted by Gasteiger charge is -2.25. The molecule has 2 aromatic rings. The Bertz CT molecular complexity index is 1030. The van der Waals surface area contributed by atoms with Crippen LogP contribution in [0.3, 0.4) is 0 Å². The maximum atomic E-state index is 12.5. The number of nitrogens with zero attached hydrogens (tertiary/aromatic N) is 4. The monoisotopic (exact) mass is 601 g/mol. The quantitative estimate of drug-likeness (QED) is 0.328. The van der Waals surface area contributed by atoms with E-state index < -0.39 is 11.7 Å². The molecule has 0 fully saturated rings. The molecule has 2 unspecified atom stereocenters. The van der Waals surface area contributed by atoms with Crippen LogP contribution in [-0.4, -0.2) is 57.3 Å². The van der Waals surface area contributed by atoms with Crippen LogP contribution in [0.15, 0.2) is 18.3 Å². The molecule has 0 aromatic carbocycles. The first-order valence-electron chi connectivity index (χ1n) is 11.1. The van der Waals surface area contributed by atoms with Gasteiger partial charge in [0, 0.05) is 30.4 Å². The van der Waals surface area contributed by atoms with Gasteiger partial charge in [-0.05, 0) is 75.6 Å². The molecule has 1 amide bonds. The summed E-state index contributed by atoms with van der Waals surface area (Å²) in [5.41, 5.74) is 1.25. The highest BCUT2D eigenvalue weighted by Gasteiger charge is 2.29. The van der Waals surface area contributed by atoms with Crippen molar-refractivity contribution in [3.05, 3.63) is 29.6 Å². The third kappa shape index (κ3) is 7.19. The lowest BCUT2D eigenvalue weighted by atomic mass is 10.1. The van der Waals surface area contributed by atoms with Crippen LogP contribution in [0.25, 0.3) is 11.5 Å². The molecule has 9 nitrogen and oxygen atoms in total. The first kappa shape index (κ1) is 27.0. The lowest BCUT2D eigenvalue weighted by molar-refractivity contribution is -0.121. The second-order valence-corrected chi connectivity index (χ2v) is 11.7. The van der Waals surface area contributed by atoms with Crippen molar-refractivity contribution in [3.8, 4) is 17.3 Å². The molecule has 2 atom stereocenters. The number of halogens is 1. The second kappa shape index (κ2) is 11.0. The van der Waals surface area contributed by atoms with Gasteiger partial charge in [-0.3, -0.25) is 9.78 Å². The van der Waals surface area contributed by atoms with E-state index in [1.54, 1.807) is 23.2 Å². The number of hydrogen-bond donors (Lipinski definition) is 2. The number of pyridine rings is 1. The summed E-state index contributed by atoms with van der Waals surface area (Å²) >= 11 is 2.19. The Labute approximate surface area is 215 Å². The summed E-state index contributed by atoms with van der Waals surface area (Å²) in [5.74, 6) is 1.54. The van der Waals surface area contributed by atoms with Gasteiger partial charge in [0.15, 0.2) is 5.82 Å². The number of ether oxygens (including phenoxy) is 1. The van der Waals surface area contributed by atoms with Crippen molar-refractivity contribution in [2.24, 2.45) is 0 Å². The zero-order chi connectivity index (χ0) is 25.1. The number of aromatic nitrogens is 3. The molecular formula is C23H33IN5O4P. The summed E-state index contributed by atoms with van der Waals surface area (Å²) < 4.78 is 11.7. The van der Waals surface area contributed by atoms with Crippen LogP contribution in [0.4, 0.5) is 5.82 Å².